The molecule has 0 saturated carbocycles. The highest BCUT2D eigenvalue weighted by Gasteiger charge is 2.48. The number of hydrogen-bond donors (Lipinski definition) is 0. The molecule has 0 bridgehead atoms. The zero-order valence-electron chi connectivity index (χ0n) is 11.0. The molecule has 1 unspecified atom stereocenters. The van der Waals surface area contributed by atoms with Gasteiger partial charge in [0.05, 0.1) is 13.2 Å². The van der Waals surface area contributed by atoms with Gasteiger partial charge in [0.2, 0.25) is 0 Å². The number of halogens is 1. The molecule has 1 atom stereocenters. The van der Waals surface area contributed by atoms with Gasteiger partial charge in [-0.25, -0.2) is 0 Å². The summed E-state index contributed by atoms with van der Waals surface area (Å²) in [6, 6.07) is 0. The molecule has 96 valence electrons. The molecule has 4 heteroatoms. The monoisotopic (exact) mass is 264 g/mol. The molecule has 0 aromatic rings. The van der Waals surface area contributed by atoms with Gasteiger partial charge in [-0.3, -0.25) is 0 Å². The van der Waals surface area contributed by atoms with Crippen LogP contribution in [0.1, 0.15) is 39.5 Å². The summed E-state index contributed by atoms with van der Waals surface area (Å²) < 4.78 is 12.0. The molecule has 0 N–H and O–H groups in total. The predicted molar refractivity (Wildman–Crippen MR) is 71.5 cm³/mol. The Morgan fingerprint density at radius 1 is 1.25 bits per heavy atom. The Hall–Kier alpha value is 0.427. The Morgan fingerprint density at radius 2 is 1.81 bits per heavy atom. The van der Waals surface area contributed by atoms with E-state index < -0.39 is 13.2 Å². The third-order valence-electron chi connectivity index (χ3n) is 3.41. The average Bonchev–Trinajstić information content (AvgIpc) is 2.25. The van der Waals surface area contributed by atoms with Crippen LogP contribution in [-0.2, 0) is 9.47 Å². The van der Waals surface area contributed by atoms with E-state index in [-0.39, 0.29) is 0 Å². The fourth-order valence-corrected chi connectivity index (χ4v) is 5.83. The zero-order valence-corrected chi connectivity index (χ0v) is 12.8. The highest BCUT2D eigenvalue weighted by Crippen LogP contribution is 2.45. The first kappa shape index (κ1) is 14.5. The number of ether oxygens (including phenoxy) is 2. The van der Waals surface area contributed by atoms with E-state index in [1.807, 2.05) is 0 Å². The van der Waals surface area contributed by atoms with E-state index in [0.717, 1.165) is 38.9 Å². The van der Waals surface area contributed by atoms with E-state index in [9.17, 15) is 0 Å². The van der Waals surface area contributed by atoms with Crippen LogP contribution in [0.4, 0.5) is 0 Å². The molecular formula is C12H25ClO2Si. The molecule has 1 aliphatic rings. The standard InChI is InChI=1S/C12H25ClO2Si/c1-5-8-11(16(3,4)13)12(6-2)14-9-7-10-15-12/h11H,5-10H2,1-4H3. The van der Waals surface area contributed by atoms with Crippen LogP contribution < -0.4 is 0 Å². The average molecular weight is 265 g/mol. The molecule has 0 spiro atoms. The predicted octanol–water partition coefficient (Wildman–Crippen LogP) is 4.14. The van der Waals surface area contributed by atoms with E-state index >= 15 is 0 Å². The van der Waals surface area contributed by atoms with Crippen molar-refractivity contribution < 1.29 is 9.47 Å². The van der Waals surface area contributed by atoms with Gasteiger partial charge in [-0.1, -0.05) is 33.4 Å². The fraction of sp³-hybridized carbons (Fsp3) is 1.00. The van der Waals surface area contributed by atoms with E-state index in [1.54, 1.807) is 0 Å². The van der Waals surface area contributed by atoms with E-state index in [1.165, 1.54) is 0 Å². The molecule has 2 nitrogen and oxygen atoms in total. The quantitative estimate of drug-likeness (QED) is 0.549. The van der Waals surface area contributed by atoms with Crippen molar-refractivity contribution in [1.29, 1.82) is 0 Å². The third-order valence-corrected chi connectivity index (χ3v) is 6.59. The van der Waals surface area contributed by atoms with Crippen molar-refractivity contribution in [1.82, 2.24) is 0 Å². The van der Waals surface area contributed by atoms with Crippen molar-refractivity contribution in [2.24, 2.45) is 0 Å². The van der Waals surface area contributed by atoms with Gasteiger partial charge in [-0.15, -0.1) is 0 Å². The lowest BCUT2D eigenvalue weighted by Gasteiger charge is -2.46. The maximum absolute atomic E-state index is 6.66. The summed E-state index contributed by atoms with van der Waals surface area (Å²) in [5.74, 6) is -0.397. The molecule has 1 rings (SSSR count). The third kappa shape index (κ3) is 3.22. The molecule has 0 aliphatic carbocycles. The molecule has 1 heterocycles. The van der Waals surface area contributed by atoms with E-state index in [4.69, 9.17) is 20.6 Å². The van der Waals surface area contributed by atoms with Crippen LogP contribution >= 0.6 is 11.1 Å². The van der Waals surface area contributed by atoms with Crippen LogP contribution in [-0.4, -0.2) is 26.4 Å². The van der Waals surface area contributed by atoms with Crippen molar-refractivity contribution in [3.8, 4) is 0 Å². The van der Waals surface area contributed by atoms with Gasteiger partial charge in [-0.2, -0.15) is 11.1 Å². The smallest absolute Gasteiger partial charge is 0.169 e. The molecule has 0 amide bonds. The topological polar surface area (TPSA) is 18.5 Å². The minimum atomic E-state index is -1.77. The number of hydrogen-bond acceptors (Lipinski definition) is 2. The first-order valence-electron chi connectivity index (χ1n) is 6.43. The molecule has 0 aromatic carbocycles. The number of rotatable bonds is 5. The lowest BCUT2D eigenvalue weighted by Crippen LogP contribution is -2.50. The van der Waals surface area contributed by atoms with Crippen molar-refractivity contribution in [2.45, 2.75) is 64.0 Å². The van der Waals surface area contributed by atoms with Crippen LogP contribution in [0.2, 0.25) is 18.6 Å². The highest BCUT2D eigenvalue weighted by molar-refractivity contribution is 7.19. The Morgan fingerprint density at radius 3 is 2.19 bits per heavy atom. The van der Waals surface area contributed by atoms with E-state index in [2.05, 4.69) is 26.9 Å². The van der Waals surface area contributed by atoms with Crippen LogP contribution in [0.3, 0.4) is 0 Å². The summed E-state index contributed by atoms with van der Waals surface area (Å²) in [5.41, 5.74) is 0.386. The summed E-state index contributed by atoms with van der Waals surface area (Å²) in [6.07, 6.45) is 4.16. The van der Waals surface area contributed by atoms with Crippen LogP contribution in [0.5, 0.6) is 0 Å². The van der Waals surface area contributed by atoms with Gasteiger partial charge in [-0.05, 0) is 19.3 Å². The van der Waals surface area contributed by atoms with Gasteiger partial charge in [0, 0.05) is 5.54 Å². The van der Waals surface area contributed by atoms with Gasteiger partial charge in [0.25, 0.3) is 0 Å². The van der Waals surface area contributed by atoms with Crippen LogP contribution in [0.15, 0.2) is 0 Å². The summed E-state index contributed by atoms with van der Waals surface area (Å²) >= 11 is 6.66. The molecular weight excluding hydrogens is 240 g/mol. The van der Waals surface area contributed by atoms with E-state index in [0.29, 0.717) is 5.54 Å². The molecule has 1 saturated heterocycles. The second-order valence-corrected chi connectivity index (χ2v) is 11.9. The highest BCUT2D eigenvalue weighted by atomic mass is 35.6. The second-order valence-electron chi connectivity index (χ2n) is 5.12. The Balaban J connectivity index is 2.87. The summed E-state index contributed by atoms with van der Waals surface area (Å²) in [6.45, 7) is 10.4. The molecule has 0 aromatic heterocycles. The van der Waals surface area contributed by atoms with Crippen LogP contribution in [0, 0.1) is 0 Å². The lowest BCUT2D eigenvalue weighted by atomic mass is 10.0. The minimum Gasteiger partial charge on any atom is -0.350 e. The van der Waals surface area contributed by atoms with Gasteiger partial charge < -0.3 is 9.47 Å². The maximum atomic E-state index is 6.66. The Labute approximate surface area is 105 Å². The van der Waals surface area contributed by atoms with Crippen LogP contribution in [0.25, 0.3) is 0 Å². The van der Waals surface area contributed by atoms with Crippen molar-refractivity contribution >= 4 is 18.5 Å². The van der Waals surface area contributed by atoms with Crippen molar-refractivity contribution in [2.75, 3.05) is 13.2 Å². The van der Waals surface area contributed by atoms with Gasteiger partial charge in [0.1, 0.15) is 0 Å². The van der Waals surface area contributed by atoms with Crippen molar-refractivity contribution in [3.63, 3.8) is 0 Å². The Bertz CT molecular complexity index is 210. The van der Waals surface area contributed by atoms with Gasteiger partial charge in [0.15, 0.2) is 13.2 Å². The summed E-state index contributed by atoms with van der Waals surface area (Å²) in [5, 5.41) is 0. The SMILES string of the molecule is CCCC(C1(CC)OCCCO1)[Si](C)(C)Cl. The second kappa shape index (κ2) is 5.85. The first-order chi connectivity index (χ1) is 7.46. The molecule has 1 aliphatic heterocycles. The van der Waals surface area contributed by atoms with Crippen molar-refractivity contribution in [3.05, 3.63) is 0 Å². The summed E-state index contributed by atoms with van der Waals surface area (Å²) in [7, 11) is -1.77. The Kier molecular flexibility index (Phi) is 5.30. The maximum Gasteiger partial charge on any atom is 0.169 e. The van der Waals surface area contributed by atoms with Gasteiger partial charge >= 0.3 is 0 Å². The normalized spacial score (nSPS) is 23.1. The summed E-state index contributed by atoms with van der Waals surface area (Å²) in [4.78, 5) is 0. The minimum absolute atomic E-state index is 0.386. The largest absolute Gasteiger partial charge is 0.350 e. The zero-order chi connectivity index (χ0) is 12.2. The molecule has 1 fully saturated rings. The lowest BCUT2D eigenvalue weighted by molar-refractivity contribution is -0.271. The fourth-order valence-electron chi connectivity index (χ4n) is 2.62. The molecule has 0 radical (unpaired) electrons. The first-order valence-corrected chi connectivity index (χ1v) is 10.5. The molecule has 16 heavy (non-hydrogen) atoms.